The largest absolute Gasteiger partial charge is 0.366 e. The zero-order valence-electron chi connectivity index (χ0n) is 15.6. The molecule has 7 nitrogen and oxygen atoms in total. The van der Waals surface area contributed by atoms with Gasteiger partial charge in [0.15, 0.2) is 0 Å². The van der Waals surface area contributed by atoms with Crippen molar-refractivity contribution in [1.29, 1.82) is 0 Å². The molecular formula is C21H21N3O4. The molecule has 2 aromatic carbocycles. The Morgan fingerprint density at radius 3 is 1.96 bits per heavy atom. The van der Waals surface area contributed by atoms with E-state index in [1.807, 2.05) is 13.8 Å². The third kappa shape index (κ3) is 3.64. The Morgan fingerprint density at radius 1 is 0.964 bits per heavy atom. The summed E-state index contributed by atoms with van der Waals surface area (Å²) in [5, 5.41) is 2.72. The molecule has 1 heterocycles. The van der Waals surface area contributed by atoms with Crippen molar-refractivity contribution in [2.45, 2.75) is 26.3 Å². The second-order valence-corrected chi connectivity index (χ2v) is 7.10. The van der Waals surface area contributed by atoms with E-state index in [9.17, 15) is 19.2 Å². The molecule has 1 aliphatic rings. The summed E-state index contributed by atoms with van der Waals surface area (Å²) >= 11 is 0. The number of imide groups is 1. The van der Waals surface area contributed by atoms with E-state index < -0.39 is 29.7 Å². The number of rotatable bonds is 6. The number of hydrogen-bond acceptors (Lipinski definition) is 4. The van der Waals surface area contributed by atoms with Crippen molar-refractivity contribution < 1.29 is 19.2 Å². The molecule has 3 rings (SSSR count). The highest BCUT2D eigenvalue weighted by Crippen LogP contribution is 2.27. The third-order valence-electron chi connectivity index (χ3n) is 4.57. The zero-order valence-corrected chi connectivity index (χ0v) is 15.6. The van der Waals surface area contributed by atoms with Gasteiger partial charge in [-0.2, -0.15) is 0 Å². The minimum atomic E-state index is -0.941. The van der Waals surface area contributed by atoms with Crippen LogP contribution >= 0.6 is 0 Å². The van der Waals surface area contributed by atoms with Gasteiger partial charge >= 0.3 is 0 Å². The SMILES string of the molecule is CC(C)C[C@H](C(=O)Nc1ccc(C(N)=O)cc1)N1C(=O)c2ccccc2C1=O. The molecule has 0 fully saturated rings. The van der Waals surface area contributed by atoms with E-state index >= 15 is 0 Å². The van der Waals surface area contributed by atoms with Gasteiger partial charge in [0.25, 0.3) is 11.8 Å². The number of hydrogen-bond donors (Lipinski definition) is 2. The van der Waals surface area contributed by atoms with Crippen molar-refractivity contribution in [2.75, 3.05) is 5.32 Å². The fourth-order valence-corrected chi connectivity index (χ4v) is 3.21. The second kappa shape index (κ2) is 7.64. The number of nitrogens with two attached hydrogens (primary N) is 1. The van der Waals surface area contributed by atoms with E-state index in [-0.39, 0.29) is 5.92 Å². The number of amides is 4. The van der Waals surface area contributed by atoms with E-state index in [2.05, 4.69) is 5.32 Å². The lowest BCUT2D eigenvalue weighted by Gasteiger charge is -2.26. The van der Waals surface area contributed by atoms with Crippen LogP contribution in [0.3, 0.4) is 0 Å². The molecule has 1 aliphatic heterocycles. The fourth-order valence-electron chi connectivity index (χ4n) is 3.21. The lowest BCUT2D eigenvalue weighted by atomic mass is 10.0. The second-order valence-electron chi connectivity index (χ2n) is 7.10. The highest BCUT2D eigenvalue weighted by atomic mass is 16.2. The molecule has 0 saturated heterocycles. The first-order valence-electron chi connectivity index (χ1n) is 8.97. The molecule has 0 spiro atoms. The lowest BCUT2D eigenvalue weighted by molar-refractivity contribution is -0.120. The number of benzene rings is 2. The number of anilines is 1. The van der Waals surface area contributed by atoms with Crippen LogP contribution in [0.5, 0.6) is 0 Å². The van der Waals surface area contributed by atoms with Crippen LogP contribution in [0.25, 0.3) is 0 Å². The molecule has 0 unspecified atom stereocenters. The van der Waals surface area contributed by atoms with Gasteiger partial charge in [0.05, 0.1) is 11.1 Å². The zero-order chi connectivity index (χ0) is 20.4. The van der Waals surface area contributed by atoms with Gasteiger partial charge in [-0.05, 0) is 48.7 Å². The minimum Gasteiger partial charge on any atom is -0.366 e. The summed E-state index contributed by atoms with van der Waals surface area (Å²) in [6.07, 6.45) is 0.330. The standard InChI is InChI=1S/C21H21N3O4/c1-12(2)11-17(19(26)23-14-9-7-13(8-10-14)18(22)25)24-20(27)15-5-3-4-6-16(15)21(24)28/h3-10,12,17H,11H2,1-2H3,(H2,22,25)(H,23,26)/t17-/m1/s1. The summed E-state index contributed by atoms with van der Waals surface area (Å²) in [5.41, 5.74) is 6.59. The molecule has 1 atom stereocenters. The van der Waals surface area contributed by atoms with Crippen molar-refractivity contribution in [1.82, 2.24) is 4.90 Å². The number of nitrogens with one attached hydrogen (secondary N) is 1. The average Bonchev–Trinajstić information content (AvgIpc) is 2.91. The third-order valence-corrected chi connectivity index (χ3v) is 4.57. The van der Waals surface area contributed by atoms with Crippen LogP contribution in [0.2, 0.25) is 0 Å². The van der Waals surface area contributed by atoms with Gasteiger partial charge in [-0.3, -0.25) is 24.1 Å². The van der Waals surface area contributed by atoms with E-state index in [4.69, 9.17) is 5.73 Å². The molecule has 0 bridgehead atoms. The number of nitrogens with zero attached hydrogens (tertiary/aromatic N) is 1. The van der Waals surface area contributed by atoms with Gasteiger partial charge in [-0.1, -0.05) is 26.0 Å². The number of carbonyl (C=O) groups excluding carboxylic acids is 4. The predicted molar refractivity (Wildman–Crippen MR) is 104 cm³/mol. The first-order chi connectivity index (χ1) is 13.3. The Bertz CT molecular complexity index is 915. The Hall–Kier alpha value is -3.48. The fraction of sp³-hybridized carbons (Fsp3) is 0.238. The molecular weight excluding hydrogens is 358 g/mol. The topological polar surface area (TPSA) is 110 Å². The van der Waals surface area contributed by atoms with Crippen LogP contribution < -0.4 is 11.1 Å². The van der Waals surface area contributed by atoms with Gasteiger partial charge in [-0.15, -0.1) is 0 Å². The molecule has 0 aromatic heterocycles. The maximum Gasteiger partial charge on any atom is 0.262 e. The summed E-state index contributed by atoms with van der Waals surface area (Å²) in [6, 6.07) is 11.7. The Balaban J connectivity index is 1.86. The van der Waals surface area contributed by atoms with Crippen LogP contribution in [-0.2, 0) is 4.79 Å². The summed E-state index contributed by atoms with van der Waals surface area (Å²) < 4.78 is 0. The van der Waals surface area contributed by atoms with Gasteiger partial charge in [0.2, 0.25) is 11.8 Å². The monoisotopic (exact) mass is 379 g/mol. The maximum absolute atomic E-state index is 12.9. The van der Waals surface area contributed by atoms with Gasteiger partial charge in [-0.25, -0.2) is 0 Å². The van der Waals surface area contributed by atoms with Crippen LogP contribution in [0, 0.1) is 5.92 Å². The molecule has 7 heteroatoms. The Morgan fingerprint density at radius 2 is 1.50 bits per heavy atom. The van der Waals surface area contributed by atoms with Crippen LogP contribution in [0.4, 0.5) is 5.69 Å². The van der Waals surface area contributed by atoms with Gasteiger partial charge < -0.3 is 11.1 Å². The highest BCUT2D eigenvalue weighted by molar-refractivity contribution is 6.23. The van der Waals surface area contributed by atoms with E-state index in [1.165, 1.54) is 12.1 Å². The Kier molecular flexibility index (Phi) is 5.26. The molecule has 4 amide bonds. The molecule has 3 N–H and O–H groups in total. The van der Waals surface area contributed by atoms with Gasteiger partial charge in [0, 0.05) is 11.3 Å². The van der Waals surface area contributed by atoms with Crippen molar-refractivity contribution >= 4 is 29.3 Å². The molecule has 2 aromatic rings. The van der Waals surface area contributed by atoms with Crippen LogP contribution in [-0.4, -0.2) is 34.6 Å². The average molecular weight is 379 g/mol. The first-order valence-corrected chi connectivity index (χ1v) is 8.97. The van der Waals surface area contributed by atoms with Crippen molar-refractivity contribution in [3.8, 4) is 0 Å². The summed E-state index contributed by atoms with van der Waals surface area (Å²) in [7, 11) is 0. The lowest BCUT2D eigenvalue weighted by Crippen LogP contribution is -2.47. The molecule has 0 radical (unpaired) electrons. The number of primary amides is 1. The number of carbonyl (C=O) groups is 4. The van der Waals surface area contributed by atoms with E-state index in [0.29, 0.717) is 28.8 Å². The molecule has 144 valence electrons. The first kappa shape index (κ1) is 19.3. The Labute approximate surface area is 162 Å². The van der Waals surface area contributed by atoms with Gasteiger partial charge in [0.1, 0.15) is 6.04 Å². The predicted octanol–water partition coefficient (Wildman–Crippen LogP) is 2.43. The molecule has 0 aliphatic carbocycles. The van der Waals surface area contributed by atoms with E-state index in [0.717, 1.165) is 4.90 Å². The highest BCUT2D eigenvalue weighted by Gasteiger charge is 2.42. The smallest absolute Gasteiger partial charge is 0.262 e. The van der Waals surface area contributed by atoms with Crippen molar-refractivity contribution in [3.05, 3.63) is 65.2 Å². The number of fused-ring (bicyclic) bond motifs is 1. The quantitative estimate of drug-likeness (QED) is 0.751. The maximum atomic E-state index is 12.9. The summed E-state index contributed by atoms with van der Waals surface area (Å²) in [6.45, 7) is 3.83. The summed E-state index contributed by atoms with van der Waals surface area (Å²) in [5.74, 6) is -1.88. The van der Waals surface area contributed by atoms with E-state index in [1.54, 1.807) is 36.4 Å². The normalized spacial score (nSPS) is 14.2. The van der Waals surface area contributed by atoms with Crippen molar-refractivity contribution in [3.63, 3.8) is 0 Å². The van der Waals surface area contributed by atoms with Crippen LogP contribution in [0.15, 0.2) is 48.5 Å². The van der Waals surface area contributed by atoms with Crippen molar-refractivity contribution in [2.24, 2.45) is 11.7 Å². The molecule has 28 heavy (non-hydrogen) atoms. The van der Waals surface area contributed by atoms with Crippen LogP contribution in [0.1, 0.15) is 51.3 Å². The molecule has 0 saturated carbocycles. The minimum absolute atomic E-state index is 0.0808. The summed E-state index contributed by atoms with van der Waals surface area (Å²) in [4.78, 5) is 50.7.